The van der Waals surface area contributed by atoms with Crippen molar-refractivity contribution in [2.24, 2.45) is 0 Å². The Morgan fingerprint density at radius 2 is 2.12 bits per heavy atom. The summed E-state index contributed by atoms with van der Waals surface area (Å²) >= 11 is 1.70. The van der Waals surface area contributed by atoms with Gasteiger partial charge in [-0.2, -0.15) is 0 Å². The first-order valence-electron chi connectivity index (χ1n) is 5.90. The van der Waals surface area contributed by atoms with Crippen LogP contribution in [0.15, 0.2) is 17.5 Å². The Bertz CT molecular complexity index is 505. The minimum atomic E-state index is 0.841. The number of hydrogen-bond donors (Lipinski definition) is 1. The minimum absolute atomic E-state index is 0.841. The Kier molecular flexibility index (Phi) is 3.74. The molecule has 0 saturated carbocycles. The number of hydrogen-bond acceptors (Lipinski definition) is 4. The molecule has 0 amide bonds. The molecule has 2 aromatic heterocycles. The smallest absolute Gasteiger partial charge is 0.172 e. The van der Waals surface area contributed by atoms with Crippen LogP contribution in [0.2, 0.25) is 0 Å². The fourth-order valence-corrected chi connectivity index (χ4v) is 2.51. The molecule has 0 unspecified atom stereocenters. The number of aryl methyl sites for hydroxylation is 2. The number of thiophene rings is 1. The first-order valence-corrected chi connectivity index (χ1v) is 6.78. The maximum absolute atomic E-state index is 4.60. The summed E-state index contributed by atoms with van der Waals surface area (Å²) in [6.07, 6.45) is 0.929. The van der Waals surface area contributed by atoms with E-state index in [1.165, 1.54) is 10.4 Å². The molecule has 17 heavy (non-hydrogen) atoms. The van der Waals surface area contributed by atoms with Crippen molar-refractivity contribution in [3.8, 4) is 10.7 Å². The van der Waals surface area contributed by atoms with Crippen LogP contribution < -0.4 is 5.32 Å². The molecule has 1 N–H and O–H groups in total. The molecule has 0 radical (unpaired) electrons. The van der Waals surface area contributed by atoms with Crippen molar-refractivity contribution >= 4 is 17.2 Å². The van der Waals surface area contributed by atoms with Gasteiger partial charge in [-0.05, 0) is 37.3 Å². The van der Waals surface area contributed by atoms with E-state index in [0.29, 0.717) is 0 Å². The molecule has 0 aliphatic heterocycles. The summed E-state index contributed by atoms with van der Waals surface area (Å²) in [6, 6.07) is 4.13. The van der Waals surface area contributed by atoms with Crippen molar-refractivity contribution in [2.75, 3.05) is 11.9 Å². The van der Waals surface area contributed by atoms with Gasteiger partial charge < -0.3 is 5.32 Å². The van der Waals surface area contributed by atoms with Crippen LogP contribution in [-0.4, -0.2) is 16.5 Å². The molecule has 0 aliphatic rings. The lowest BCUT2D eigenvalue weighted by Gasteiger charge is -2.07. The Morgan fingerprint density at radius 3 is 2.71 bits per heavy atom. The third kappa shape index (κ3) is 2.64. The van der Waals surface area contributed by atoms with Gasteiger partial charge in [-0.3, -0.25) is 0 Å². The summed E-state index contributed by atoms with van der Waals surface area (Å²) in [5.41, 5.74) is 2.32. The van der Waals surface area contributed by atoms with Gasteiger partial charge in [0.1, 0.15) is 5.82 Å². The predicted molar refractivity (Wildman–Crippen MR) is 73.6 cm³/mol. The van der Waals surface area contributed by atoms with Gasteiger partial charge in [-0.25, -0.2) is 9.97 Å². The highest BCUT2D eigenvalue weighted by atomic mass is 32.1. The van der Waals surface area contributed by atoms with Crippen molar-refractivity contribution in [2.45, 2.75) is 27.2 Å². The molecule has 0 bridgehead atoms. The molecule has 0 aromatic carbocycles. The predicted octanol–water partition coefficient (Wildman–Crippen LogP) is 3.51. The molecule has 2 heterocycles. The van der Waals surface area contributed by atoms with Crippen LogP contribution >= 0.6 is 11.3 Å². The molecule has 0 atom stereocenters. The number of nitrogens with one attached hydrogen (secondary N) is 1. The largest absolute Gasteiger partial charge is 0.370 e. The van der Waals surface area contributed by atoms with Crippen LogP contribution in [0.3, 0.4) is 0 Å². The fourth-order valence-electron chi connectivity index (χ4n) is 1.65. The summed E-state index contributed by atoms with van der Waals surface area (Å²) in [5, 5.41) is 5.34. The van der Waals surface area contributed by atoms with E-state index in [0.717, 1.165) is 30.3 Å². The van der Waals surface area contributed by atoms with E-state index >= 15 is 0 Å². The van der Waals surface area contributed by atoms with Crippen molar-refractivity contribution in [1.29, 1.82) is 0 Å². The standard InChI is InChI=1S/C13H17N3S/c1-4-10-8-11(14-5-2)16-13(15-10)12-9(3)6-7-17-12/h6-8H,4-5H2,1-3H3,(H,14,15,16). The van der Waals surface area contributed by atoms with Gasteiger partial charge in [0.05, 0.1) is 4.88 Å². The van der Waals surface area contributed by atoms with Crippen LogP contribution in [-0.2, 0) is 6.42 Å². The van der Waals surface area contributed by atoms with Crippen molar-refractivity contribution in [3.05, 3.63) is 28.8 Å². The molecular formula is C13H17N3S. The first kappa shape index (κ1) is 12.0. The monoisotopic (exact) mass is 247 g/mol. The zero-order chi connectivity index (χ0) is 12.3. The van der Waals surface area contributed by atoms with Gasteiger partial charge in [0.25, 0.3) is 0 Å². The zero-order valence-corrected chi connectivity index (χ0v) is 11.3. The van der Waals surface area contributed by atoms with Crippen LogP contribution in [0.25, 0.3) is 10.7 Å². The van der Waals surface area contributed by atoms with Crippen molar-refractivity contribution in [1.82, 2.24) is 9.97 Å². The lowest BCUT2D eigenvalue weighted by Crippen LogP contribution is -2.03. The van der Waals surface area contributed by atoms with E-state index in [9.17, 15) is 0 Å². The highest BCUT2D eigenvalue weighted by Gasteiger charge is 2.09. The average molecular weight is 247 g/mol. The molecule has 4 heteroatoms. The van der Waals surface area contributed by atoms with Gasteiger partial charge >= 0.3 is 0 Å². The fraction of sp³-hybridized carbons (Fsp3) is 0.385. The second-order valence-electron chi connectivity index (χ2n) is 3.88. The average Bonchev–Trinajstić information content (AvgIpc) is 2.75. The highest BCUT2D eigenvalue weighted by Crippen LogP contribution is 2.27. The van der Waals surface area contributed by atoms with E-state index in [1.54, 1.807) is 11.3 Å². The summed E-state index contributed by atoms with van der Waals surface area (Å²) < 4.78 is 0. The van der Waals surface area contributed by atoms with Gasteiger partial charge in [0.15, 0.2) is 5.82 Å². The Morgan fingerprint density at radius 1 is 1.29 bits per heavy atom. The lowest BCUT2D eigenvalue weighted by molar-refractivity contribution is 1.000. The van der Waals surface area contributed by atoms with E-state index in [1.807, 2.05) is 6.07 Å². The highest BCUT2D eigenvalue weighted by molar-refractivity contribution is 7.13. The molecule has 3 nitrogen and oxygen atoms in total. The summed E-state index contributed by atoms with van der Waals surface area (Å²) in [7, 11) is 0. The van der Waals surface area contributed by atoms with Gasteiger partial charge in [0.2, 0.25) is 0 Å². The molecule has 90 valence electrons. The summed E-state index contributed by atoms with van der Waals surface area (Å²) in [6.45, 7) is 7.16. The third-order valence-electron chi connectivity index (χ3n) is 2.56. The molecule has 0 fully saturated rings. The number of anilines is 1. The Balaban J connectivity index is 2.46. The topological polar surface area (TPSA) is 37.8 Å². The summed E-state index contributed by atoms with van der Waals surface area (Å²) in [4.78, 5) is 10.3. The molecule has 2 aromatic rings. The van der Waals surface area contributed by atoms with Gasteiger partial charge in [-0.1, -0.05) is 6.92 Å². The molecular weight excluding hydrogens is 230 g/mol. The van der Waals surface area contributed by atoms with Crippen molar-refractivity contribution < 1.29 is 0 Å². The first-order chi connectivity index (χ1) is 8.24. The van der Waals surface area contributed by atoms with E-state index in [4.69, 9.17) is 0 Å². The van der Waals surface area contributed by atoms with Crippen molar-refractivity contribution in [3.63, 3.8) is 0 Å². The third-order valence-corrected chi connectivity index (χ3v) is 3.58. The maximum atomic E-state index is 4.60. The zero-order valence-electron chi connectivity index (χ0n) is 10.4. The quantitative estimate of drug-likeness (QED) is 0.898. The van der Waals surface area contributed by atoms with Crippen LogP contribution in [0.4, 0.5) is 5.82 Å². The lowest BCUT2D eigenvalue weighted by atomic mass is 10.2. The van der Waals surface area contributed by atoms with Gasteiger partial charge in [-0.15, -0.1) is 11.3 Å². The maximum Gasteiger partial charge on any atom is 0.172 e. The molecule has 0 saturated heterocycles. The van der Waals surface area contributed by atoms with E-state index in [2.05, 4.69) is 47.5 Å². The van der Waals surface area contributed by atoms with Crippen LogP contribution in [0, 0.1) is 6.92 Å². The number of nitrogens with zero attached hydrogens (tertiary/aromatic N) is 2. The minimum Gasteiger partial charge on any atom is -0.370 e. The second-order valence-corrected chi connectivity index (χ2v) is 4.80. The Hall–Kier alpha value is -1.42. The summed E-state index contributed by atoms with van der Waals surface area (Å²) in [5.74, 6) is 1.76. The van der Waals surface area contributed by atoms with Crippen LogP contribution in [0.1, 0.15) is 25.1 Å². The van der Waals surface area contributed by atoms with E-state index in [-0.39, 0.29) is 0 Å². The normalized spacial score (nSPS) is 10.5. The second kappa shape index (κ2) is 5.27. The Labute approximate surface area is 106 Å². The SMILES string of the molecule is CCNc1cc(CC)nc(-c2sccc2C)n1. The van der Waals surface area contributed by atoms with Crippen LogP contribution in [0.5, 0.6) is 0 Å². The number of rotatable bonds is 4. The van der Waals surface area contributed by atoms with Gasteiger partial charge in [0, 0.05) is 18.3 Å². The number of aromatic nitrogens is 2. The molecule has 2 rings (SSSR count). The molecule has 0 spiro atoms. The van der Waals surface area contributed by atoms with E-state index < -0.39 is 0 Å². The molecule has 0 aliphatic carbocycles.